The maximum absolute atomic E-state index is 5.86. The summed E-state index contributed by atoms with van der Waals surface area (Å²) in [6, 6.07) is 0. The molecule has 5 nitrogen and oxygen atoms in total. The van der Waals surface area contributed by atoms with Crippen molar-refractivity contribution >= 4 is 17.4 Å². The van der Waals surface area contributed by atoms with Gasteiger partial charge in [-0.3, -0.25) is 9.56 Å². The van der Waals surface area contributed by atoms with Gasteiger partial charge in [-0.2, -0.15) is 0 Å². The number of aromatic nitrogens is 2. The van der Waals surface area contributed by atoms with Gasteiger partial charge in [-0.05, 0) is 27.7 Å². The summed E-state index contributed by atoms with van der Waals surface area (Å²) >= 11 is 0. The zero-order valence-electron chi connectivity index (χ0n) is 11.2. The summed E-state index contributed by atoms with van der Waals surface area (Å²) in [5.41, 5.74) is 7.69. The third-order valence-corrected chi connectivity index (χ3v) is 2.64. The Morgan fingerprint density at radius 3 is 2.71 bits per heavy atom. The van der Waals surface area contributed by atoms with E-state index in [-0.39, 0.29) is 0 Å². The van der Waals surface area contributed by atoms with E-state index in [9.17, 15) is 0 Å². The van der Waals surface area contributed by atoms with Crippen LogP contribution in [-0.4, -0.2) is 29.0 Å². The van der Waals surface area contributed by atoms with Gasteiger partial charge in [-0.1, -0.05) is 6.08 Å². The monoisotopic (exact) mass is 235 g/mol. The first-order chi connectivity index (χ1) is 8.06. The Morgan fingerprint density at radius 2 is 2.24 bits per heavy atom. The highest BCUT2D eigenvalue weighted by Gasteiger charge is 2.17. The molecule has 1 aromatic rings. The minimum atomic E-state index is 0.451. The average molecular weight is 235 g/mol. The van der Waals surface area contributed by atoms with Crippen molar-refractivity contribution in [3.63, 3.8) is 0 Å². The quantitative estimate of drug-likeness (QED) is 0.618. The minimum Gasteiger partial charge on any atom is -0.382 e. The zero-order valence-corrected chi connectivity index (χ0v) is 11.2. The SMILES string of the molecule is C/C=C(\C)n1c(C)nc(C(N)=NC)c1NCC. The molecule has 1 heterocycles. The van der Waals surface area contributed by atoms with Crippen LogP contribution in [0.5, 0.6) is 0 Å². The van der Waals surface area contributed by atoms with Crippen molar-refractivity contribution in [2.75, 3.05) is 18.9 Å². The normalized spacial score (nSPS) is 13.0. The average Bonchev–Trinajstić information content (AvgIpc) is 2.65. The van der Waals surface area contributed by atoms with Crippen molar-refractivity contribution in [1.82, 2.24) is 9.55 Å². The molecule has 0 aliphatic carbocycles. The van der Waals surface area contributed by atoms with Gasteiger partial charge >= 0.3 is 0 Å². The lowest BCUT2D eigenvalue weighted by Gasteiger charge is -2.12. The van der Waals surface area contributed by atoms with E-state index in [2.05, 4.69) is 19.9 Å². The molecular weight excluding hydrogens is 214 g/mol. The first kappa shape index (κ1) is 13.3. The van der Waals surface area contributed by atoms with E-state index in [1.165, 1.54) is 0 Å². The standard InChI is InChI=1S/C12H21N5/c1-6-8(3)17-9(4)16-10(11(13)14-5)12(17)15-7-2/h6,15H,7H2,1-5H3,(H2,13,14)/b8-6+. The molecule has 0 atom stereocenters. The van der Waals surface area contributed by atoms with Crippen LogP contribution in [0.15, 0.2) is 11.1 Å². The number of aliphatic imine (C=N–C) groups is 1. The van der Waals surface area contributed by atoms with Crippen LogP contribution in [0.2, 0.25) is 0 Å². The second-order valence-electron chi connectivity index (χ2n) is 3.76. The first-order valence-corrected chi connectivity index (χ1v) is 5.75. The number of nitrogens with two attached hydrogens (primary N) is 1. The van der Waals surface area contributed by atoms with Crippen LogP contribution in [0.1, 0.15) is 32.3 Å². The maximum atomic E-state index is 5.86. The van der Waals surface area contributed by atoms with Crippen molar-refractivity contribution in [3.8, 4) is 0 Å². The molecule has 1 aromatic heterocycles. The van der Waals surface area contributed by atoms with E-state index in [1.54, 1.807) is 7.05 Å². The van der Waals surface area contributed by atoms with E-state index in [0.717, 1.165) is 23.9 Å². The molecule has 0 radical (unpaired) electrons. The van der Waals surface area contributed by atoms with Crippen molar-refractivity contribution in [2.45, 2.75) is 27.7 Å². The van der Waals surface area contributed by atoms with E-state index in [0.29, 0.717) is 11.5 Å². The predicted molar refractivity (Wildman–Crippen MR) is 73.4 cm³/mol. The molecule has 5 heteroatoms. The fourth-order valence-electron chi connectivity index (χ4n) is 1.71. The van der Waals surface area contributed by atoms with Gasteiger partial charge in [0, 0.05) is 19.3 Å². The van der Waals surface area contributed by atoms with Gasteiger partial charge < -0.3 is 11.1 Å². The van der Waals surface area contributed by atoms with Crippen molar-refractivity contribution in [2.24, 2.45) is 10.7 Å². The highest BCUT2D eigenvalue weighted by molar-refractivity contribution is 6.00. The molecule has 0 saturated heterocycles. The van der Waals surface area contributed by atoms with Gasteiger partial charge in [-0.25, -0.2) is 4.98 Å². The Bertz CT molecular complexity index is 454. The Kier molecular flexibility index (Phi) is 4.31. The van der Waals surface area contributed by atoms with Crippen LogP contribution in [0, 0.1) is 6.92 Å². The van der Waals surface area contributed by atoms with Crippen LogP contribution in [-0.2, 0) is 0 Å². The molecule has 0 fully saturated rings. The molecule has 0 spiro atoms. The van der Waals surface area contributed by atoms with Crippen molar-refractivity contribution in [3.05, 3.63) is 17.6 Å². The molecule has 0 saturated carbocycles. The van der Waals surface area contributed by atoms with Crippen LogP contribution in [0.3, 0.4) is 0 Å². The highest BCUT2D eigenvalue weighted by atomic mass is 15.2. The zero-order chi connectivity index (χ0) is 13.0. The number of amidine groups is 1. The number of hydrogen-bond acceptors (Lipinski definition) is 3. The molecule has 0 amide bonds. The van der Waals surface area contributed by atoms with Crippen molar-refractivity contribution in [1.29, 1.82) is 0 Å². The highest BCUT2D eigenvalue weighted by Crippen LogP contribution is 2.22. The fraction of sp³-hybridized carbons (Fsp3) is 0.500. The van der Waals surface area contributed by atoms with Gasteiger partial charge in [0.25, 0.3) is 0 Å². The molecule has 0 aliphatic rings. The maximum Gasteiger partial charge on any atom is 0.148 e. The summed E-state index contributed by atoms with van der Waals surface area (Å²) < 4.78 is 2.05. The second-order valence-corrected chi connectivity index (χ2v) is 3.76. The Hall–Kier alpha value is -1.78. The van der Waals surface area contributed by atoms with E-state index in [4.69, 9.17) is 5.73 Å². The smallest absolute Gasteiger partial charge is 0.148 e. The van der Waals surface area contributed by atoms with Crippen molar-refractivity contribution < 1.29 is 0 Å². The lowest BCUT2D eigenvalue weighted by molar-refractivity contribution is 0.978. The summed E-state index contributed by atoms with van der Waals surface area (Å²) in [5.74, 6) is 2.26. The van der Waals surface area contributed by atoms with Gasteiger partial charge in [0.1, 0.15) is 23.2 Å². The van der Waals surface area contributed by atoms with Gasteiger partial charge in [0.2, 0.25) is 0 Å². The van der Waals surface area contributed by atoms with Crippen LogP contribution in [0.4, 0.5) is 5.82 Å². The summed E-state index contributed by atoms with van der Waals surface area (Å²) in [4.78, 5) is 8.47. The van der Waals surface area contributed by atoms with E-state index >= 15 is 0 Å². The molecule has 94 valence electrons. The number of hydrogen-bond donors (Lipinski definition) is 2. The third-order valence-electron chi connectivity index (χ3n) is 2.64. The molecule has 0 unspecified atom stereocenters. The lowest BCUT2D eigenvalue weighted by atomic mass is 10.3. The number of imidazole rings is 1. The lowest BCUT2D eigenvalue weighted by Crippen LogP contribution is -2.17. The number of anilines is 1. The fourth-order valence-corrected chi connectivity index (χ4v) is 1.71. The van der Waals surface area contributed by atoms with Gasteiger partial charge in [0.15, 0.2) is 0 Å². The summed E-state index contributed by atoms with van der Waals surface area (Å²) in [7, 11) is 1.67. The van der Waals surface area contributed by atoms with E-state index in [1.807, 2.05) is 33.8 Å². The largest absolute Gasteiger partial charge is 0.382 e. The molecule has 0 bridgehead atoms. The van der Waals surface area contributed by atoms with Gasteiger partial charge in [-0.15, -0.1) is 0 Å². The minimum absolute atomic E-state index is 0.451. The number of allylic oxidation sites excluding steroid dienone is 2. The molecular formula is C12H21N5. The topological polar surface area (TPSA) is 68.2 Å². The first-order valence-electron chi connectivity index (χ1n) is 5.75. The summed E-state index contributed by atoms with van der Waals surface area (Å²) in [6.45, 7) is 8.85. The number of nitrogens with one attached hydrogen (secondary N) is 1. The summed E-state index contributed by atoms with van der Waals surface area (Å²) in [6.07, 6.45) is 2.04. The molecule has 0 aromatic carbocycles. The molecule has 1 rings (SSSR count). The second kappa shape index (κ2) is 5.52. The molecule has 0 aliphatic heterocycles. The predicted octanol–water partition coefficient (Wildman–Crippen LogP) is 1.84. The number of nitrogens with zero attached hydrogens (tertiary/aromatic N) is 3. The summed E-state index contributed by atoms with van der Waals surface area (Å²) in [5, 5.41) is 3.29. The molecule has 3 N–H and O–H groups in total. The Balaban J connectivity index is 3.44. The van der Waals surface area contributed by atoms with E-state index < -0.39 is 0 Å². The van der Waals surface area contributed by atoms with Crippen LogP contribution >= 0.6 is 0 Å². The Labute approximate surface area is 102 Å². The van der Waals surface area contributed by atoms with Crippen LogP contribution in [0.25, 0.3) is 5.70 Å². The number of rotatable bonds is 4. The Morgan fingerprint density at radius 1 is 1.59 bits per heavy atom. The van der Waals surface area contributed by atoms with Crippen LogP contribution < -0.4 is 11.1 Å². The number of aryl methyl sites for hydroxylation is 1. The van der Waals surface area contributed by atoms with Gasteiger partial charge in [0.05, 0.1) is 0 Å². The molecule has 17 heavy (non-hydrogen) atoms. The third kappa shape index (κ3) is 2.49.